The lowest BCUT2D eigenvalue weighted by atomic mass is 9.74. The van der Waals surface area contributed by atoms with Gasteiger partial charge in [0.25, 0.3) is 6.43 Å². The zero-order chi connectivity index (χ0) is 57.7. The first-order valence-corrected chi connectivity index (χ1v) is 24.2. The number of allylic oxidation sites excluding steroid dienone is 1. The Morgan fingerprint density at radius 1 is 0.885 bits per heavy atom. The average Bonchev–Trinajstić information content (AvgIpc) is 3.55. The Hall–Kier alpha value is -6.78. The third-order valence-corrected chi connectivity index (χ3v) is 14.4. The Bertz CT molecular complexity index is 2670. The van der Waals surface area contributed by atoms with E-state index < -0.39 is 127 Å². The highest BCUT2D eigenvalue weighted by atomic mass is 19.4. The number of fused-ring (bicyclic) bond motifs is 1. The molecule has 0 saturated carbocycles. The molecule has 2 aromatic carbocycles. The Kier molecular flexibility index (Phi) is 19.0. The average molecular weight is 1120 g/mol. The maximum absolute atomic E-state index is 15.4. The van der Waals surface area contributed by atoms with Crippen molar-refractivity contribution in [1.29, 1.82) is 5.41 Å². The fourth-order valence-corrected chi connectivity index (χ4v) is 9.26. The highest BCUT2D eigenvalue weighted by Gasteiger charge is 2.60. The van der Waals surface area contributed by atoms with Gasteiger partial charge in [-0.05, 0) is 80.8 Å². The van der Waals surface area contributed by atoms with Crippen molar-refractivity contribution in [3.05, 3.63) is 94.8 Å². The summed E-state index contributed by atoms with van der Waals surface area (Å²) in [6.45, 7) is 2.41. The summed E-state index contributed by atoms with van der Waals surface area (Å²) >= 11 is 0. The van der Waals surface area contributed by atoms with Gasteiger partial charge in [0, 0.05) is 55.1 Å². The number of ether oxygens (including phenoxy) is 3. The summed E-state index contributed by atoms with van der Waals surface area (Å²) in [6, 6.07) is 3.05. The number of aliphatic hydroxyl groups excluding tert-OH is 1. The van der Waals surface area contributed by atoms with Gasteiger partial charge in [-0.1, -0.05) is 24.3 Å². The summed E-state index contributed by atoms with van der Waals surface area (Å²) < 4.78 is 159. The van der Waals surface area contributed by atoms with Crippen LogP contribution in [0.2, 0.25) is 0 Å². The minimum Gasteiger partial charge on any atom is -0.453 e. The number of nitrogens with one attached hydrogen (secondary N) is 6. The quantitative estimate of drug-likeness (QED) is 0.0443. The monoisotopic (exact) mass is 1120 g/mol. The molecule has 1 aromatic heterocycles. The molecule has 2 unspecified atom stereocenters. The molecule has 3 aliphatic rings. The largest absolute Gasteiger partial charge is 0.453 e. The molecule has 78 heavy (non-hydrogen) atoms. The van der Waals surface area contributed by atoms with Crippen LogP contribution in [0.5, 0.6) is 0 Å². The van der Waals surface area contributed by atoms with Crippen molar-refractivity contribution >= 4 is 35.5 Å². The van der Waals surface area contributed by atoms with E-state index in [1.54, 1.807) is 0 Å². The highest BCUT2D eigenvalue weighted by molar-refractivity contribution is 6.06. The van der Waals surface area contributed by atoms with Gasteiger partial charge in [0.15, 0.2) is 0 Å². The standard InChI is InChI=1S/C50H60F10N10O8/c1-47(2,49(55,56)57)42(68-46(75)77-5)44(73)66-35(38(71)19-64-17-31-32(51)13-27(14-33(31)52)34(61)10-11-63-20-39(53)54)12-25-6-8-26(9-7-25)30-18-65-40(70-22-36-37(70)21-69(36)29-23-78-24-29)15-28(30)16-48(3,50(58,59)60)41(43(62)72)67-45(74)76-4/h6-11,13-15,18,29,35-39,41-42,61,63-64,71H,12,16-17,19-24H2,1-5H3,(H2,62,72)(H,66,73)(H,67,74)(H,68,75)/b11-10-,61-34?/t35-,36?,37-,38-,41+,42+,48?/m0/s1. The summed E-state index contributed by atoms with van der Waals surface area (Å²) in [5.41, 5.74) is -1.07. The van der Waals surface area contributed by atoms with Crippen LogP contribution in [0, 0.1) is 27.9 Å². The fraction of sp³-hybridized carbons (Fsp3) is 0.520. The Morgan fingerprint density at radius 2 is 1.50 bits per heavy atom. The number of methoxy groups -OCH3 is 2. The number of alkyl carbamates (subject to hydrolysis) is 2. The number of nitrogens with zero attached hydrogens (tertiary/aromatic N) is 3. The first-order chi connectivity index (χ1) is 36.5. The number of primary amides is 1. The van der Waals surface area contributed by atoms with E-state index in [-0.39, 0.29) is 52.4 Å². The first kappa shape index (κ1) is 60.4. The predicted octanol–water partition coefficient (Wildman–Crippen LogP) is 4.85. The molecule has 0 spiro atoms. The van der Waals surface area contributed by atoms with E-state index >= 15 is 22.0 Å². The van der Waals surface area contributed by atoms with E-state index in [1.807, 2.05) is 15.5 Å². The highest BCUT2D eigenvalue weighted by Crippen LogP contribution is 2.47. The molecule has 3 fully saturated rings. The lowest BCUT2D eigenvalue weighted by molar-refractivity contribution is -0.226. The van der Waals surface area contributed by atoms with Crippen molar-refractivity contribution in [3.63, 3.8) is 0 Å². The van der Waals surface area contributed by atoms with Crippen LogP contribution in [0.1, 0.15) is 43.0 Å². The van der Waals surface area contributed by atoms with Crippen LogP contribution in [-0.4, -0.2) is 159 Å². The molecule has 428 valence electrons. The third kappa shape index (κ3) is 13.5. The van der Waals surface area contributed by atoms with Crippen LogP contribution >= 0.6 is 0 Å². The van der Waals surface area contributed by atoms with Crippen LogP contribution < -0.4 is 37.2 Å². The van der Waals surface area contributed by atoms with Crippen molar-refractivity contribution in [2.75, 3.05) is 58.5 Å². The number of pyridine rings is 1. The normalized spacial score (nSPS) is 19.2. The lowest BCUT2D eigenvalue weighted by Crippen LogP contribution is -2.82. The van der Waals surface area contributed by atoms with Gasteiger partial charge >= 0.3 is 24.5 Å². The number of piperazine rings is 1. The van der Waals surface area contributed by atoms with E-state index in [0.717, 1.165) is 45.6 Å². The molecule has 3 aromatic rings. The van der Waals surface area contributed by atoms with Gasteiger partial charge in [-0.2, -0.15) is 26.3 Å². The number of amides is 4. The zero-order valence-electron chi connectivity index (χ0n) is 42.8. The maximum atomic E-state index is 15.4. The number of carbonyl (C=O) groups excluding carboxylic acids is 4. The smallest absolute Gasteiger partial charge is 0.407 e. The number of anilines is 1. The number of hydrogen-bond donors (Lipinski definition) is 8. The summed E-state index contributed by atoms with van der Waals surface area (Å²) in [5.74, 6) is -4.90. The van der Waals surface area contributed by atoms with Gasteiger partial charge in [0.2, 0.25) is 11.8 Å². The van der Waals surface area contributed by atoms with Gasteiger partial charge in [-0.15, -0.1) is 0 Å². The number of benzene rings is 2. The van der Waals surface area contributed by atoms with Crippen molar-refractivity contribution in [1.82, 2.24) is 36.5 Å². The molecule has 4 heterocycles. The first-order valence-electron chi connectivity index (χ1n) is 24.2. The van der Waals surface area contributed by atoms with E-state index in [0.29, 0.717) is 46.0 Å². The van der Waals surface area contributed by atoms with Crippen LogP contribution in [0.15, 0.2) is 60.9 Å². The molecular weight excluding hydrogens is 1060 g/mol. The number of likely N-dealkylation sites (tertiary alicyclic amines) is 1. The van der Waals surface area contributed by atoms with Gasteiger partial charge < -0.3 is 61.9 Å². The number of halogens is 10. The number of aliphatic hydroxyl groups is 1. The van der Waals surface area contributed by atoms with Gasteiger partial charge in [-0.3, -0.25) is 14.5 Å². The van der Waals surface area contributed by atoms with Crippen molar-refractivity contribution in [2.45, 2.75) is 101 Å². The summed E-state index contributed by atoms with van der Waals surface area (Å²) in [5, 5.41) is 30.7. The molecule has 3 aliphatic heterocycles. The predicted molar refractivity (Wildman–Crippen MR) is 261 cm³/mol. The second kappa shape index (κ2) is 24.5. The molecule has 7 atom stereocenters. The van der Waals surface area contributed by atoms with Crippen molar-refractivity contribution < 1.29 is 82.4 Å². The molecule has 28 heteroatoms. The minimum atomic E-state index is -5.17. The van der Waals surface area contributed by atoms with E-state index in [9.17, 15) is 46.2 Å². The Balaban J connectivity index is 1.30. The molecule has 4 amide bonds. The number of nitrogens with two attached hydrogens (primary N) is 1. The van der Waals surface area contributed by atoms with Crippen LogP contribution in [-0.2, 0) is 43.2 Å². The van der Waals surface area contributed by atoms with E-state index in [2.05, 4.69) is 35.3 Å². The third-order valence-electron chi connectivity index (χ3n) is 14.4. The zero-order valence-corrected chi connectivity index (χ0v) is 42.8. The summed E-state index contributed by atoms with van der Waals surface area (Å²) in [7, 11) is 1.74. The van der Waals surface area contributed by atoms with E-state index in [4.69, 9.17) is 15.9 Å². The minimum absolute atomic E-state index is 0.00647. The molecule has 6 rings (SSSR count). The van der Waals surface area contributed by atoms with Crippen LogP contribution in [0.3, 0.4) is 0 Å². The molecule has 0 aliphatic carbocycles. The van der Waals surface area contributed by atoms with E-state index in [1.165, 1.54) is 36.5 Å². The molecule has 0 bridgehead atoms. The Labute approximate surface area is 441 Å². The molecule has 18 nitrogen and oxygen atoms in total. The van der Waals surface area contributed by atoms with Crippen LogP contribution in [0.4, 0.5) is 59.3 Å². The number of carbonyl (C=O) groups is 4. The molecular formula is C50H60F10N10O8. The molecule has 0 radical (unpaired) electrons. The second-order valence-corrected chi connectivity index (χ2v) is 19.9. The summed E-state index contributed by atoms with van der Waals surface area (Å²) in [4.78, 5) is 60.0. The fourth-order valence-electron chi connectivity index (χ4n) is 9.26. The number of rotatable bonds is 24. The van der Waals surface area contributed by atoms with Gasteiger partial charge in [0.05, 0.1) is 74.7 Å². The molecule has 9 N–H and O–H groups in total. The number of aromatic nitrogens is 1. The number of alkyl halides is 8. The second-order valence-electron chi connectivity index (χ2n) is 19.9. The lowest BCUT2D eigenvalue weighted by Gasteiger charge is -2.65. The van der Waals surface area contributed by atoms with Crippen molar-refractivity contribution in [2.24, 2.45) is 16.6 Å². The topological polar surface area (TPSA) is 246 Å². The number of hydrogen-bond acceptors (Lipinski definition) is 14. The Morgan fingerprint density at radius 3 is 2.01 bits per heavy atom. The maximum Gasteiger partial charge on any atom is 0.407 e. The molecule has 3 saturated heterocycles. The van der Waals surface area contributed by atoms with Gasteiger partial charge in [0.1, 0.15) is 29.5 Å². The SMILES string of the molecule is COC(=O)N[C@H](C(=O)N[C@@H](Cc1ccc(-c2cnc(N3CC4[C@@H]3CN4C3COC3)cc2CC(C)([C@H](NC(=O)OC)C(N)=O)C(F)(F)F)cc1)[C@@H](O)CNCc1c(F)cc(C(=N)/C=C\NCC(F)F)cc1F)C(C)(C)C(F)(F)F. The van der Waals surface area contributed by atoms with Crippen LogP contribution in [0.25, 0.3) is 11.1 Å². The van der Waals surface area contributed by atoms with Crippen molar-refractivity contribution in [3.8, 4) is 11.1 Å². The summed E-state index contributed by atoms with van der Waals surface area (Å²) in [6.07, 6.45) is -15.5. The van der Waals surface area contributed by atoms with Gasteiger partial charge in [-0.25, -0.2) is 32.1 Å².